The van der Waals surface area contributed by atoms with Gasteiger partial charge >= 0.3 is 5.69 Å². The number of H-pyrrole nitrogens is 1. The van der Waals surface area contributed by atoms with Crippen molar-refractivity contribution in [2.45, 2.75) is 37.5 Å². The molecule has 1 aliphatic carbocycles. The molecule has 1 aromatic heterocycles. The summed E-state index contributed by atoms with van der Waals surface area (Å²) in [5, 5.41) is 7.17. The molecular weight excluding hydrogens is 416 g/mol. The third kappa shape index (κ3) is 4.46. The second-order valence-electron chi connectivity index (χ2n) is 7.90. The molecule has 3 aromatic rings. The van der Waals surface area contributed by atoms with Gasteiger partial charge in [-0.1, -0.05) is 61.2 Å². The first-order chi connectivity index (χ1) is 15.0. The van der Waals surface area contributed by atoms with E-state index in [4.69, 9.17) is 11.6 Å². The Balaban J connectivity index is 1.59. The minimum absolute atomic E-state index is 0.101. The minimum atomic E-state index is -0.689. The molecule has 1 heterocycles. The van der Waals surface area contributed by atoms with Crippen LogP contribution in [0.15, 0.2) is 64.3 Å². The zero-order chi connectivity index (χ0) is 21.8. The van der Waals surface area contributed by atoms with Gasteiger partial charge in [-0.2, -0.15) is 9.78 Å². The summed E-state index contributed by atoms with van der Waals surface area (Å²) in [7, 11) is 0. The fourth-order valence-electron chi connectivity index (χ4n) is 4.29. The number of halogens is 1. The van der Waals surface area contributed by atoms with E-state index in [-0.39, 0.29) is 21.9 Å². The standard InChI is InChI=1S/C23H23ClN4O3/c24-19-10-9-17(28-22(31)27-20(29)14-26-28)13-18(19)21(30)25-15-23(11-5-2-6-12-23)16-7-3-1-4-8-16/h1,3-4,7-10,13-14H,2,5-6,11-12,15H2,(H,25,30)(H,27,29,31). The summed E-state index contributed by atoms with van der Waals surface area (Å²) in [6.07, 6.45) is 6.49. The second kappa shape index (κ2) is 8.89. The van der Waals surface area contributed by atoms with Gasteiger partial charge < -0.3 is 5.32 Å². The van der Waals surface area contributed by atoms with Gasteiger partial charge in [0.1, 0.15) is 6.20 Å². The van der Waals surface area contributed by atoms with Crippen molar-refractivity contribution >= 4 is 17.5 Å². The lowest BCUT2D eigenvalue weighted by Gasteiger charge is -2.38. The molecule has 1 aliphatic rings. The van der Waals surface area contributed by atoms with Crippen LogP contribution in [0.25, 0.3) is 5.69 Å². The summed E-state index contributed by atoms with van der Waals surface area (Å²) in [5.41, 5.74) is 0.442. The average molecular weight is 439 g/mol. The largest absolute Gasteiger partial charge is 0.351 e. The van der Waals surface area contributed by atoms with Gasteiger partial charge in [-0.25, -0.2) is 4.79 Å². The van der Waals surface area contributed by atoms with Gasteiger partial charge in [-0.3, -0.25) is 14.6 Å². The molecule has 2 N–H and O–H groups in total. The summed E-state index contributed by atoms with van der Waals surface area (Å²) >= 11 is 6.29. The van der Waals surface area contributed by atoms with E-state index in [9.17, 15) is 14.4 Å². The van der Waals surface area contributed by atoms with E-state index < -0.39 is 11.2 Å². The van der Waals surface area contributed by atoms with E-state index in [1.54, 1.807) is 12.1 Å². The summed E-state index contributed by atoms with van der Waals surface area (Å²) in [5.74, 6) is -0.315. The highest BCUT2D eigenvalue weighted by Gasteiger charge is 2.34. The van der Waals surface area contributed by atoms with E-state index in [1.165, 1.54) is 18.1 Å². The van der Waals surface area contributed by atoms with Crippen LogP contribution in [0, 0.1) is 0 Å². The first kappa shape index (κ1) is 21.1. The molecule has 0 unspecified atom stereocenters. The van der Waals surface area contributed by atoms with Crippen molar-refractivity contribution in [3.63, 3.8) is 0 Å². The monoisotopic (exact) mass is 438 g/mol. The number of rotatable bonds is 5. The van der Waals surface area contributed by atoms with Gasteiger partial charge in [0.2, 0.25) is 0 Å². The summed E-state index contributed by atoms with van der Waals surface area (Å²) in [6.45, 7) is 0.507. The highest BCUT2D eigenvalue weighted by Crippen LogP contribution is 2.39. The Hall–Kier alpha value is -3.19. The summed E-state index contributed by atoms with van der Waals surface area (Å²) < 4.78 is 1.01. The van der Waals surface area contributed by atoms with Crippen molar-refractivity contribution < 1.29 is 4.79 Å². The molecule has 0 aliphatic heterocycles. The fourth-order valence-corrected chi connectivity index (χ4v) is 4.49. The van der Waals surface area contributed by atoms with Gasteiger partial charge in [0.05, 0.1) is 16.3 Å². The molecule has 4 rings (SSSR count). The Morgan fingerprint density at radius 3 is 2.55 bits per heavy atom. The predicted octanol–water partition coefficient (Wildman–Crippen LogP) is 3.21. The predicted molar refractivity (Wildman–Crippen MR) is 119 cm³/mol. The number of hydrogen-bond acceptors (Lipinski definition) is 4. The van der Waals surface area contributed by atoms with Crippen LogP contribution in [0.2, 0.25) is 5.02 Å². The normalized spacial score (nSPS) is 15.4. The molecule has 0 atom stereocenters. The lowest BCUT2D eigenvalue weighted by Crippen LogP contribution is -2.42. The molecule has 0 saturated heterocycles. The lowest BCUT2D eigenvalue weighted by molar-refractivity contribution is 0.0936. The second-order valence-corrected chi connectivity index (χ2v) is 8.31. The van der Waals surface area contributed by atoms with Crippen LogP contribution in [0.1, 0.15) is 48.0 Å². The van der Waals surface area contributed by atoms with Crippen LogP contribution in [-0.2, 0) is 5.41 Å². The Morgan fingerprint density at radius 2 is 1.84 bits per heavy atom. The van der Waals surface area contributed by atoms with Gasteiger partial charge in [0, 0.05) is 12.0 Å². The van der Waals surface area contributed by atoms with Gasteiger partial charge in [-0.05, 0) is 36.6 Å². The van der Waals surface area contributed by atoms with E-state index >= 15 is 0 Å². The quantitative estimate of drug-likeness (QED) is 0.639. The maximum atomic E-state index is 13.0. The molecule has 0 bridgehead atoms. The van der Waals surface area contributed by atoms with Crippen LogP contribution in [0.5, 0.6) is 0 Å². The fraction of sp³-hybridized carbons (Fsp3) is 0.304. The Bertz CT molecular complexity index is 1200. The van der Waals surface area contributed by atoms with Crippen LogP contribution in [-0.4, -0.2) is 27.2 Å². The van der Waals surface area contributed by atoms with Crippen molar-refractivity contribution in [2.75, 3.05) is 6.54 Å². The smallest absolute Gasteiger partial charge is 0.349 e. The van der Waals surface area contributed by atoms with Crippen molar-refractivity contribution in [3.8, 4) is 5.69 Å². The first-order valence-electron chi connectivity index (χ1n) is 10.3. The number of amides is 1. The zero-order valence-corrected chi connectivity index (χ0v) is 17.7. The highest BCUT2D eigenvalue weighted by atomic mass is 35.5. The van der Waals surface area contributed by atoms with Gasteiger partial charge in [0.15, 0.2) is 0 Å². The molecule has 2 aromatic carbocycles. The SMILES string of the molecule is O=C(NCC1(c2ccccc2)CCCCC1)c1cc(-n2ncc(=O)[nH]c2=O)ccc1Cl. The van der Waals surface area contributed by atoms with Gasteiger partial charge in [0.25, 0.3) is 11.5 Å². The molecule has 0 spiro atoms. The average Bonchev–Trinajstić information content (AvgIpc) is 2.79. The third-order valence-electron chi connectivity index (χ3n) is 5.94. The summed E-state index contributed by atoms with van der Waals surface area (Å²) in [6, 6.07) is 14.9. The number of nitrogens with zero attached hydrogens (tertiary/aromatic N) is 2. The van der Waals surface area contributed by atoms with Crippen LogP contribution in [0.4, 0.5) is 0 Å². The number of carbonyl (C=O) groups excluding carboxylic acids is 1. The van der Waals surface area contributed by atoms with Crippen molar-refractivity contribution in [1.29, 1.82) is 0 Å². The van der Waals surface area contributed by atoms with E-state index in [0.717, 1.165) is 36.6 Å². The van der Waals surface area contributed by atoms with Crippen molar-refractivity contribution in [2.24, 2.45) is 0 Å². The summed E-state index contributed by atoms with van der Waals surface area (Å²) in [4.78, 5) is 38.5. The molecule has 160 valence electrons. The van der Waals surface area contributed by atoms with E-state index in [1.807, 2.05) is 18.2 Å². The molecule has 1 saturated carbocycles. The number of nitrogens with one attached hydrogen (secondary N) is 2. The molecule has 1 amide bonds. The number of benzene rings is 2. The number of carbonyl (C=O) groups is 1. The van der Waals surface area contributed by atoms with Crippen molar-refractivity contribution in [1.82, 2.24) is 20.1 Å². The number of aromatic amines is 1. The Kier molecular flexibility index (Phi) is 6.04. The molecule has 1 fully saturated rings. The molecule has 31 heavy (non-hydrogen) atoms. The maximum Gasteiger partial charge on any atom is 0.349 e. The molecule has 0 radical (unpaired) electrons. The lowest BCUT2D eigenvalue weighted by atomic mass is 9.69. The van der Waals surface area contributed by atoms with Crippen LogP contribution < -0.4 is 16.6 Å². The highest BCUT2D eigenvalue weighted by molar-refractivity contribution is 6.33. The van der Waals surface area contributed by atoms with Crippen molar-refractivity contribution in [3.05, 3.63) is 91.7 Å². The molecule has 8 heteroatoms. The third-order valence-corrected chi connectivity index (χ3v) is 6.27. The van der Waals surface area contributed by atoms with Crippen LogP contribution >= 0.6 is 11.6 Å². The molecular formula is C23H23ClN4O3. The minimum Gasteiger partial charge on any atom is -0.351 e. The number of hydrogen-bond donors (Lipinski definition) is 2. The molecule has 7 nitrogen and oxygen atoms in total. The van der Waals surface area contributed by atoms with E-state index in [2.05, 4.69) is 27.5 Å². The maximum absolute atomic E-state index is 13.0. The van der Waals surface area contributed by atoms with Crippen LogP contribution in [0.3, 0.4) is 0 Å². The number of aromatic nitrogens is 3. The Labute approximate surface area is 184 Å². The first-order valence-corrected chi connectivity index (χ1v) is 10.7. The Morgan fingerprint density at radius 1 is 1.10 bits per heavy atom. The van der Waals surface area contributed by atoms with Gasteiger partial charge in [-0.15, -0.1) is 0 Å². The van der Waals surface area contributed by atoms with E-state index in [0.29, 0.717) is 12.2 Å². The zero-order valence-electron chi connectivity index (χ0n) is 16.9. The topological polar surface area (TPSA) is 96.8 Å².